The SMILES string of the molecule is N#CC(=O)Oc1ccccc1Oc1ccccc1. The third-order valence-electron chi connectivity index (χ3n) is 2.11. The Hall–Kier alpha value is -2.80. The van der Waals surface area contributed by atoms with Crippen molar-refractivity contribution in [2.45, 2.75) is 0 Å². The van der Waals surface area contributed by atoms with Gasteiger partial charge in [0.05, 0.1) is 0 Å². The van der Waals surface area contributed by atoms with Crippen LogP contribution in [-0.4, -0.2) is 5.97 Å². The lowest BCUT2D eigenvalue weighted by atomic mass is 10.3. The standard InChI is InChI=1S/C14H9NO3/c15-10-14(16)18-13-9-5-4-8-12(13)17-11-6-2-1-3-7-11/h1-9H. The second-order valence-electron chi connectivity index (χ2n) is 3.36. The van der Waals surface area contributed by atoms with Gasteiger partial charge in [-0.05, 0) is 24.3 Å². The summed E-state index contributed by atoms with van der Waals surface area (Å²) in [4.78, 5) is 10.9. The third-order valence-corrected chi connectivity index (χ3v) is 2.11. The van der Waals surface area contributed by atoms with E-state index in [0.717, 1.165) is 0 Å². The van der Waals surface area contributed by atoms with Crippen LogP contribution in [0.2, 0.25) is 0 Å². The topological polar surface area (TPSA) is 59.3 Å². The van der Waals surface area contributed by atoms with Crippen molar-refractivity contribution in [3.63, 3.8) is 0 Å². The molecule has 0 bridgehead atoms. The fraction of sp³-hybridized carbons (Fsp3) is 0. The second-order valence-corrected chi connectivity index (χ2v) is 3.36. The molecule has 0 amide bonds. The molecule has 18 heavy (non-hydrogen) atoms. The summed E-state index contributed by atoms with van der Waals surface area (Å²) in [6.07, 6.45) is 0. The number of para-hydroxylation sites is 3. The molecule has 0 heterocycles. The van der Waals surface area contributed by atoms with Gasteiger partial charge in [-0.2, -0.15) is 5.26 Å². The maximum atomic E-state index is 10.9. The lowest BCUT2D eigenvalue weighted by Crippen LogP contribution is -2.04. The predicted molar refractivity (Wildman–Crippen MR) is 64.2 cm³/mol. The first-order valence-electron chi connectivity index (χ1n) is 5.23. The molecule has 4 nitrogen and oxygen atoms in total. The van der Waals surface area contributed by atoms with Crippen LogP contribution in [0.25, 0.3) is 0 Å². The largest absolute Gasteiger partial charge is 0.453 e. The van der Waals surface area contributed by atoms with E-state index in [-0.39, 0.29) is 5.75 Å². The molecule has 0 unspecified atom stereocenters. The lowest BCUT2D eigenvalue weighted by Gasteiger charge is -2.09. The van der Waals surface area contributed by atoms with E-state index in [1.807, 2.05) is 18.2 Å². The minimum Gasteiger partial charge on any atom is -0.453 e. The van der Waals surface area contributed by atoms with E-state index in [0.29, 0.717) is 11.5 Å². The zero-order valence-electron chi connectivity index (χ0n) is 9.37. The fourth-order valence-electron chi connectivity index (χ4n) is 1.36. The molecule has 0 saturated carbocycles. The number of hydrogen-bond donors (Lipinski definition) is 0. The second kappa shape index (κ2) is 5.51. The Labute approximate surface area is 104 Å². The van der Waals surface area contributed by atoms with Gasteiger partial charge >= 0.3 is 5.97 Å². The Morgan fingerprint density at radius 2 is 1.56 bits per heavy atom. The summed E-state index contributed by atoms with van der Waals surface area (Å²) in [6, 6.07) is 17.2. The van der Waals surface area contributed by atoms with Crippen molar-refractivity contribution in [3.05, 3.63) is 54.6 Å². The molecule has 4 heteroatoms. The Kier molecular flexibility index (Phi) is 3.57. The molecule has 0 radical (unpaired) electrons. The smallest absolute Gasteiger partial charge is 0.416 e. The number of carbonyl (C=O) groups excluding carboxylic acids is 1. The molecular formula is C14H9NO3. The number of rotatable bonds is 3. The van der Waals surface area contributed by atoms with Crippen molar-refractivity contribution in [1.82, 2.24) is 0 Å². The molecule has 2 aromatic rings. The first-order valence-corrected chi connectivity index (χ1v) is 5.23. The summed E-state index contributed by atoms with van der Waals surface area (Å²) in [7, 11) is 0. The number of hydrogen-bond acceptors (Lipinski definition) is 4. The number of nitrogens with zero attached hydrogens (tertiary/aromatic N) is 1. The van der Waals surface area contributed by atoms with Gasteiger partial charge in [0.25, 0.3) is 0 Å². The molecule has 0 aliphatic rings. The van der Waals surface area contributed by atoms with E-state index in [1.165, 1.54) is 6.07 Å². The molecule has 0 spiro atoms. The average molecular weight is 239 g/mol. The first kappa shape index (κ1) is 11.7. The minimum atomic E-state index is -0.973. The van der Waals surface area contributed by atoms with Crippen LogP contribution in [0.1, 0.15) is 0 Å². The molecule has 0 fully saturated rings. The quantitative estimate of drug-likeness (QED) is 0.469. The molecule has 0 aromatic heterocycles. The molecule has 0 aliphatic carbocycles. The highest BCUT2D eigenvalue weighted by molar-refractivity contribution is 5.88. The molecule has 0 atom stereocenters. The maximum Gasteiger partial charge on any atom is 0.416 e. The molecule has 0 aliphatic heterocycles. The van der Waals surface area contributed by atoms with Crippen molar-refractivity contribution >= 4 is 5.97 Å². The number of nitriles is 1. The van der Waals surface area contributed by atoms with Gasteiger partial charge in [-0.15, -0.1) is 0 Å². The summed E-state index contributed by atoms with van der Waals surface area (Å²) >= 11 is 0. The summed E-state index contributed by atoms with van der Waals surface area (Å²) < 4.78 is 10.4. The summed E-state index contributed by atoms with van der Waals surface area (Å²) in [6.45, 7) is 0. The van der Waals surface area contributed by atoms with E-state index in [4.69, 9.17) is 14.7 Å². The Bertz CT molecular complexity index is 587. The van der Waals surface area contributed by atoms with Crippen LogP contribution in [0.4, 0.5) is 0 Å². The molecule has 0 saturated heterocycles. The highest BCUT2D eigenvalue weighted by Gasteiger charge is 2.09. The summed E-state index contributed by atoms with van der Waals surface area (Å²) in [5.41, 5.74) is 0. The van der Waals surface area contributed by atoms with Gasteiger partial charge in [0.1, 0.15) is 5.75 Å². The van der Waals surface area contributed by atoms with Crippen molar-refractivity contribution in [2.24, 2.45) is 0 Å². The Morgan fingerprint density at radius 1 is 0.944 bits per heavy atom. The van der Waals surface area contributed by atoms with Crippen LogP contribution in [-0.2, 0) is 4.79 Å². The fourth-order valence-corrected chi connectivity index (χ4v) is 1.36. The van der Waals surface area contributed by atoms with Gasteiger partial charge in [0.2, 0.25) is 0 Å². The minimum absolute atomic E-state index is 0.216. The Morgan fingerprint density at radius 3 is 2.22 bits per heavy atom. The van der Waals surface area contributed by atoms with Crippen LogP contribution in [0, 0.1) is 11.3 Å². The van der Waals surface area contributed by atoms with Gasteiger partial charge in [0, 0.05) is 0 Å². The number of carbonyl (C=O) groups is 1. The monoisotopic (exact) mass is 239 g/mol. The lowest BCUT2D eigenvalue weighted by molar-refractivity contribution is -0.128. The summed E-state index contributed by atoms with van der Waals surface area (Å²) in [5.74, 6) is 0.247. The Balaban J connectivity index is 2.23. The van der Waals surface area contributed by atoms with Gasteiger partial charge in [0.15, 0.2) is 17.6 Å². The van der Waals surface area contributed by atoms with E-state index < -0.39 is 5.97 Å². The normalized spacial score (nSPS) is 9.28. The van der Waals surface area contributed by atoms with Gasteiger partial charge in [-0.1, -0.05) is 30.3 Å². The zero-order chi connectivity index (χ0) is 12.8. The van der Waals surface area contributed by atoms with Gasteiger partial charge < -0.3 is 9.47 Å². The van der Waals surface area contributed by atoms with Crippen LogP contribution in [0.15, 0.2) is 54.6 Å². The first-order chi connectivity index (χ1) is 8.79. The molecule has 0 N–H and O–H groups in total. The maximum absolute atomic E-state index is 10.9. The average Bonchev–Trinajstić information content (AvgIpc) is 2.42. The van der Waals surface area contributed by atoms with E-state index in [1.54, 1.807) is 36.4 Å². The van der Waals surface area contributed by atoms with Crippen molar-refractivity contribution in [2.75, 3.05) is 0 Å². The molecule has 88 valence electrons. The zero-order valence-corrected chi connectivity index (χ0v) is 9.37. The van der Waals surface area contributed by atoms with Crippen LogP contribution >= 0.6 is 0 Å². The predicted octanol–water partition coefficient (Wildman–Crippen LogP) is 2.91. The number of ether oxygens (including phenoxy) is 2. The number of esters is 1. The van der Waals surface area contributed by atoms with E-state index >= 15 is 0 Å². The molecular weight excluding hydrogens is 230 g/mol. The van der Waals surface area contributed by atoms with Crippen molar-refractivity contribution < 1.29 is 14.3 Å². The van der Waals surface area contributed by atoms with Crippen LogP contribution < -0.4 is 9.47 Å². The number of benzene rings is 2. The van der Waals surface area contributed by atoms with Gasteiger partial charge in [-0.3, -0.25) is 0 Å². The molecule has 2 rings (SSSR count). The highest BCUT2D eigenvalue weighted by atomic mass is 16.6. The van der Waals surface area contributed by atoms with Crippen molar-refractivity contribution in [1.29, 1.82) is 5.26 Å². The van der Waals surface area contributed by atoms with Gasteiger partial charge in [-0.25, -0.2) is 4.79 Å². The van der Waals surface area contributed by atoms with Crippen LogP contribution in [0.3, 0.4) is 0 Å². The van der Waals surface area contributed by atoms with Crippen LogP contribution in [0.5, 0.6) is 17.2 Å². The van der Waals surface area contributed by atoms with E-state index in [2.05, 4.69) is 0 Å². The summed E-state index contributed by atoms with van der Waals surface area (Å²) in [5, 5.41) is 8.41. The highest BCUT2D eigenvalue weighted by Crippen LogP contribution is 2.30. The third kappa shape index (κ3) is 2.86. The molecule has 2 aromatic carbocycles. The van der Waals surface area contributed by atoms with Crippen molar-refractivity contribution in [3.8, 4) is 23.3 Å². The van der Waals surface area contributed by atoms with E-state index in [9.17, 15) is 4.79 Å².